The lowest BCUT2D eigenvalue weighted by Gasteiger charge is -2.23. The molecule has 0 atom stereocenters. The van der Waals surface area contributed by atoms with Gasteiger partial charge < -0.3 is 21.1 Å². The first-order valence-corrected chi connectivity index (χ1v) is 3.69. The molecule has 0 unspecified atom stereocenters. The molecule has 80 valence electrons. The summed E-state index contributed by atoms with van der Waals surface area (Å²) in [5, 5.41) is 25.2. The maximum absolute atomic E-state index is 10.3. The molecule has 14 heavy (non-hydrogen) atoms. The highest BCUT2D eigenvalue weighted by atomic mass is 16.4. The smallest absolute Gasteiger partial charge is 0.305 e. The zero-order valence-electron chi connectivity index (χ0n) is 7.27. The summed E-state index contributed by atoms with van der Waals surface area (Å²) < 4.78 is 0. The minimum atomic E-state index is -1.73. The minimum absolute atomic E-state index is 0.689. The zero-order chi connectivity index (χ0) is 11.4. The summed E-state index contributed by atoms with van der Waals surface area (Å²) in [6, 6.07) is 0. The van der Waals surface area contributed by atoms with Gasteiger partial charge in [-0.25, -0.2) is 0 Å². The fourth-order valence-corrected chi connectivity index (χ4v) is 1.09. The van der Waals surface area contributed by atoms with E-state index in [9.17, 15) is 14.4 Å². The molecular formula is C7H11NO6. The number of aliphatic carboxylic acids is 3. The fourth-order valence-electron chi connectivity index (χ4n) is 1.09. The Hall–Kier alpha value is -1.63. The van der Waals surface area contributed by atoms with E-state index in [0.29, 0.717) is 0 Å². The van der Waals surface area contributed by atoms with Gasteiger partial charge in [0.15, 0.2) is 0 Å². The molecule has 7 nitrogen and oxygen atoms in total. The Morgan fingerprint density at radius 1 is 0.857 bits per heavy atom. The lowest BCUT2D eigenvalue weighted by Crippen LogP contribution is -2.45. The molecule has 5 N–H and O–H groups in total. The van der Waals surface area contributed by atoms with Crippen LogP contribution in [0.1, 0.15) is 19.3 Å². The summed E-state index contributed by atoms with van der Waals surface area (Å²) in [6.45, 7) is 0. The number of carboxylic acids is 3. The molecule has 0 radical (unpaired) electrons. The van der Waals surface area contributed by atoms with Gasteiger partial charge >= 0.3 is 17.9 Å². The van der Waals surface area contributed by atoms with E-state index in [1.165, 1.54) is 0 Å². The second kappa shape index (κ2) is 4.56. The normalized spacial score (nSPS) is 10.9. The van der Waals surface area contributed by atoms with Gasteiger partial charge in [0.25, 0.3) is 0 Å². The van der Waals surface area contributed by atoms with Crippen molar-refractivity contribution in [1.82, 2.24) is 0 Å². The van der Waals surface area contributed by atoms with E-state index in [1.807, 2.05) is 0 Å². The first kappa shape index (κ1) is 12.4. The second-order valence-corrected chi connectivity index (χ2v) is 3.07. The molecule has 0 aliphatic heterocycles. The molecule has 0 bridgehead atoms. The Morgan fingerprint density at radius 2 is 1.07 bits per heavy atom. The lowest BCUT2D eigenvalue weighted by atomic mass is 9.89. The topological polar surface area (TPSA) is 138 Å². The third kappa shape index (κ3) is 5.09. The summed E-state index contributed by atoms with van der Waals surface area (Å²) in [5.41, 5.74) is 3.63. The van der Waals surface area contributed by atoms with Gasteiger partial charge in [-0.2, -0.15) is 0 Å². The van der Waals surface area contributed by atoms with E-state index in [1.54, 1.807) is 0 Å². The molecule has 7 heteroatoms. The van der Waals surface area contributed by atoms with Gasteiger partial charge in [-0.15, -0.1) is 0 Å². The summed E-state index contributed by atoms with van der Waals surface area (Å²) in [7, 11) is 0. The van der Waals surface area contributed by atoms with E-state index >= 15 is 0 Å². The van der Waals surface area contributed by atoms with E-state index in [2.05, 4.69) is 0 Å². The summed E-state index contributed by atoms with van der Waals surface area (Å²) in [6.07, 6.45) is -2.07. The van der Waals surface area contributed by atoms with E-state index in [4.69, 9.17) is 21.1 Å². The fraction of sp³-hybridized carbons (Fsp3) is 0.571. The van der Waals surface area contributed by atoms with Crippen molar-refractivity contribution in [2.45, 2.75) is 24.8 Å². The molecule has 0 fully saturated rings. The van der Waals surface area contributed by atoms with Crippen LogP contribution in [0.25, 0.3) is 0 Å². The highest BCUT2D eigenvalue weighted by Crippen LogP contribution is 2.17. The molecule has 0 aliphatic carbocycles. The van der Waals surface area contributed by atoms with Crippen LogP contribution in [0.5, 0.6) is 0 Å². The Balaban J connectivity index is 4.56. The molecule has 0 spiro atoms. The average molecular weight is 205 g/mol. The Labute approximate surface area is 79.1 Å². The van der Waals surface area contributed by atoms with Gasteiger partial charge in [0.1, 0.15) is 0 Å². The molecule has 0 aromatic rings. The van der Waals surface area contributed by atoms with Crippen LogP contribution in [0, 0.1) is 0 Å². The first-order chi connectivity index (χ1) is 6.25. The second-order valence-electron chi connectivity index (χ2n) is 3.07. The molecule has 0 heterocycles. The highest BCUT2D eigenvalue weighted by molar-refractivity contribution is 5.77. The molecule has 0 aromatic heterocycles. The average Bonchev–Trinajstić information content (AvgIpc) is 1.76. The van der Waals surface area contributed by atoms with Gasteiger partial charge in [-0.05, 0) is 0 Å². The van der Waals surface area contributed by atoms with Gasteiger partial charge in [0.2, 0.25) is 0 Å². The van der Waals surface area contributed by atoms with Crippen LogP contribution in [0.4, 0.5) is 0 Å². The van der Waals surface area contributed by atoms with Crippen LogP contribution in [-0.2, 0) is 14.4 Å². The largest absolute Gasteiger partial charge is 0.481 e. The first-order valence-electron chi connectivity index (χ1n) is 3.69. The number of nitrogens with two attached hydrogens (primary N) is 1. The Kier molecular flexibility index (Phi) is 4.03. The van der Waals surface area contributed by atoms with E-state index in [0.717, 1.165) is 0 Å². The Morgan fingerprint density at radius 3 is 1.21 bits per heavy atom. The number of rotatable bonds is 6. The van der Waals surface area contributed by atoms with Crippen molar-refractivity contribution in [3.8, 4) is 0 Å². The predicted octanol–water partition coefficient (Wildman–Crippen LogP) is -0.892. The van der Waals surface area contributed by atoms with Crippen LogP contribution in [-0.4, -0.2) is 38.8 Å². The van der Waals surface area contributed by atoms with Crippen LogP contribution in [0.15, 0.2) is 0 Å². The molecular weight excluding hydrogens is 194 g/mol. The monoisotopic (exact) mass is 205 g/mol. The summed E-state index contributed by atoms with van der Waals surface area (Å²) in [4.78, 5) is 30.9. The minimum Gasteiger partial charge on any atom is -0.481 e. The van der Waals surface area contributed by atoms with Gasteiger partial charge in [-0.3, -0.25) is 14.4 Å². The molecule has 0 aliphatic rings. The van der Waals surface area contributed by atoms with Crippen molar-refractivity contribution in [3.05, 3.63) is 0 Å². The van der Waals surface area contributed by atoms with Gasteiger partial charge in [0.05, 0.1) is 19.3 Å². The maximum Gasteiger partial charge on any atom is 0.305 e. The van der Waals surface area contributed by atoms with E-state index < -0.39 is 42.7 Å². The van der Waals surface area contributed by atoms with Crippen molar-refractivity contribution in [1.29, 1.82) is 0 Å². The predicted molar refractivity (Wildman–Crippen MR) is 43.7 cm³/mol. The third-order valence-electron chi connectivity index (χ3n) is 1.51. The van der Waals surface area contributed by atoms with Crippen LogP contribution >= 0.6 is 0 Å². The molecule has 0 saturated heterocycles. The number of hydrogen-bond acceptors (Lipinski definition) is 4. The molecule has 0 saturated carbocycles. The van der Waals surface area contributed by atoms with Crippen LogP contribution in [0.2, 0.25) is 0 Å². The number of hydrogen-bond donors (Lipinski definition) is 4. The van der Waals surface area contributed by atoms with Crippen molar-refractivity contribution < 1.29 is 29.7 Å². The quantitative estimate of drug-likeness (QED) is 0.441. The molecule has 0 rings (SSSR count). The SMILES string of the molecule is NC(CC(=O)O)(CC(=O)O)CC(=O)O. The van der Waals surface area contributed by atoms with Gasteiger partial charge in [-0.1, -0.05) is 0 Å². The number of carboxylic acid groups (broad SMARTS) is 3. The highest BCUT2D eigenvalue weighted by Gasteiger charge is 2.33. The van der Waals surface area contributed by atoms with Crippen molar-refractivity contribution in [2.75, 3.05) is 0 Å². The maximum atomic E-state index is 10.3. The van der Waals surface area contributed by atoms with E-state index in [-0.39, 0.29) is 0 Å². The zero-order valence-corrected chi connectivity index (χ0v) is 7.27. The van der Waals surface area contributed by atoms with Crippen LogP contribution in [0.3, 0.4) is 0 Å². The van der Waals surface area contributed by atoms with Crippen LogP contribution < -0.4 is 5.73 Å². The standard InChI is InChI=1S/C7H11NO6/c8-7(1-4(9)10,2-5(11)12)3-6(13)14/h1-3,8H2,(H,9,10)(H,11,12)(H,13,14). The molecule has 0 amide bonds. The molecule has 0 aromatic carbocycles. The number of carbonyl (C=O) groups is 3. The lowest BCUT2D eigenvalue weighted by molar-refractivity contribution is -0.143. The van der Waals surface area contributed by atoms with Gasteiger partial charge in [0, 0.05) is 5.54 Å². The van der Waals surface area contributed by atoms with Crippen molar-refractivity contribution in [3.63, 3.8) is 0 Å². The third-order valence-corrected chi connectivity index (χ3v) is 1.51. The summed E-state index contributed by atoms with van der Waals surface area (Å²) in [5.74, 6) is -3.97. The summed E-state index contributed by atoms with van der Waals surface area (Å²) >= 11 is 0. The van der Waals surface area contributed by atoms with Crippen molar-refractivity contribution in [2.24, 2.45) is 5.73 Å². The Bertz CT molecular complexity index is 220. The van der Waals surface area contributed by atoms with Crippen molar-refractivity contribution >= 4 is 17.9 Å².